The molecule has 5 atom stereocenters. The van der Waals surface area contributed by atoms with Gasteiger partial charge in [0.25, 0.3) is 0 Å². The molecule has 1 saturated heterocycles. The molecule has 2 aliphatic carbocycles. The lowest BCUT2D eigenvalue weighted by atomic mass is 9.48. The maximum atomic E-state index is 11.9. The zero-order valence-electron chi connectivity index (χ0n) is 14.5. The van der Waals surface area contributed by atoms with Crippen LogP contribution in [0.4, 0.5) is 0 Å². The van der Waals surface area contributed by atoms with Crippen molar-refractivity contribution in [1.29, 1.82) is 0 Å². The second-order valence-electron chi connectivity index (χ2n) is 7.94. The largest absolute Gasteiger partial charge is 0.508 e. The summed E-state index contributed by atoms with van der Waals surface area (Å²) in [5.74, 6) is 0.242. The van der Waals surface area contributed by atoms with E-state index in [4.69, 9.17) is 0 Å². The Balaban J connectivity index is 1.87. The molecule has 5 heteroatoms. The highest BCUT2D eigenvalue weighted by molar-refractivity contribution is 5.48. The van der Waals surface area contributed by atoms with Crippen molar-refractivity contribution in [2.45, 2.75) is 61.8 Å². The smallest absolute Gasteiger partial charge is 0.115 e. The molecule has 0 aromatic heterocycles. The molecule has 2 bridgehead atoms. The lowest BCUT2D eigenvalue weighted by Crippen LogP contribution is -2.75. The van der Waals surface area contributed by atoms with Gasteiger partial charge in [0.2, 0.25) is 0 Å². The second kappa shape index (κ2) is 5.43. The third-order valence-electron chi connectivity index (χ3n) is 6.85. The van der Waals surface area contributed by atoms with E-state index in [0.29, 0.717) is 12.8 Å². The SMILES string of the molecule is CCN[C@H]1C[C@@]2(O)[C@H]3Cc4ccc(O)cc4[C@@]2(CCN3C)C[C@@H]1O. The Bertz CT molecular complexity index is 651. The summed E-state index contributed by atoms with van der Waals surface area (Å²) >= 11 is 0. The summed E-state index contributed by atoms with van der Waals surface area (Å²) in [5, 5.41) is 36.1. The average Bonchev–Trinajstić information content (AvgIpc) is 2.53. The van der Waals surface area contributed by atoms with Gasteiger partial charge in [-0.2, -0.15) is 0 Å². The summed E-state index contributed by atoms with van der Waals surface area (Å²) in [6, 6.07) is 5.51. The molecule has 2 fully saturated rings. The fraction of sp³-hybridized carbons (Fsp3) is 0.684. The lowest BCUT2D eigenvalue weighted by molar-refractivity contribution is -0.185. The maximum absolute atomic E-state index is 11.9. The molecule has 4 rings (SSSR count). The van der Waals surface area contributed by atoms with Crippen LogP contribution in [0.3, 0.4) is 0 Å². The fourth-order valence-electron chi connectivity index (χ4n) is 5.67. The Hall–Kier alpha value is -1.14. The van der Waals surface area contributed by atoms with Gasteiger partial charge in [-0.25, -0.2) is 0 Å². The van der Waals surface area contributed by atoms with Gasteiger partial charge in [-0.3, -0.25) is 0 Å². The molecule has 0 unspecified atom stereocenters. The highest BCUT2D eigenvalue weighted by Gasteiger charge is 2.65. The van der Waals surface area contributed by atoms with Crippen molar-refractivity contribution >= 4 is 0 Å². The molecule has 4 N–H and O–H groups in total. The molecule has 1 heterocycles. The van der Waals surface area contributed by atoms with E-state index in [-0.39, 0.29) is 17.8 Å². The van der Waals surface area contributed by atoms with Crippen molar-refractivity contribution in [3.63, 3.8) is 0 Å². The first kappa shape index (κ1) is 16.3. The van der Waals surface area contributed by atoms with Crippen molar-refractivity contribution in [3.05, 3.63) is 29.3 Å². The topological polar surface area (TPSA) is 76.0 Å². The summed E-state index contributed by atoms with van der Waals surface area (Å²) in [7, 11) is 2.09. The van der Waals surface area contributed by atoms with Gasteiger partial charge >= 0.3 is 0 Å². The van der Waals surface area contributed by atoms with Crippen LogP contribution in [-0.4, -0.2) is 64.1 Å². The number of nitrogens with one attached hydrogen (secondary N) is 1. The lowest BCUT2D eigenvalue weighted by Gasteiger charge is -2.65. The fourth-order valence-corrected chi connectivity index (χ4v) is 5.67. The van der Waals surface area contributed by atoms with Crippen LogP contribution in [0, 0.1) is 0 Å². The monoisotopic (exact) mass is 332 g/mol. The summed E-state index contributed by atoms with van der Waals surface area (Å²) in [6.45, 7) is 3.71. The minimum absolute atomic E-state index is 0.0527. The van der Waals surface area contributed by atoms with Crippen LogP contribution in [0.5, 0.6) is 5.75 Å². The molecule has 0 spiro atoms. The second-order valence-corrected chi connectivity index (χ2v) is 7.94. The van der Waals surface area contributed by atoms with Gasteiger partial charge < -0.3 is 25.5 Å². The molecule has 24 heavy (non-hydrogen) atoms. The van der Waals surface area contributed by atoms with E-state index in [2.05, 4.69) is 17.3 Å². The third-order valence-corrected chi connectivity index (χ3v) is 6.85. The van der Waals surface area contributed by atoms with E-state index < -0.39 is 17.1 Å². The zero-order chi connectivity index (χ0) is 17.1. The summed E-state index contributed by atoms with van der Waals surface area (Å²) in [5.41, 5.74) is 0.890. The van der Waals surface area contributed by atoms with Gasteiger partial charge in [0.15, 0.2) is 0 Å². The quantitative estimate of drug-likeness (QED) is 0.643. The standard InChI is InChI=1S/C19H28N2O3/c1-3-20-15-10-19(24)17-8-12-4-5-13(22)9-14(12)18(19,11-16(15)23)6-7-21(17)2/h4-5,9,15-17,20,22-24H,3,6-8,10-11H2,1-2H3/t15-,16-,17+,18+,19+/m0/s1. The first-order valence-corrected chi connectivity index (χ1v) is 9.08. The van der Waals surface area contributed by atoms with Crippen molar-refractivity contribution in [3.8, 4) is 5.75 Å². The number of phenolic OH excluding ortho intramolecular Hbond substituents is 1. The number of phenols is 1. The first-order valence-electron chi connectivity index (χ1n) is 9.08. The highest BCUT2D eigenvalue weighted by Crippen LogP contribution is 2.58. The van der Waals surface area contributed by atoms with E-state index in [9.17, 15) is 15.3 Å². The zero-order valence-corrected chi connectivity index (χ0v) is 14.5. The number of fused-ring (bicyclic) bond motifs is 1. The molecule has 1 aromatic carbocycles. The van der Waals surface area contributed by atoms with Crippen molar-refractivity contribution in [1.82, 2.24) is 10.2 Å². The minimum atomic E-state index is -0.882. The minimum Gasteiger partial charge on any atom is -0.508 e. The molecule has 1 aliphatic heterocycles. The third kappa shape index (κ3) is 2.02. The van der Waals surface area contributed by atoms with Crippen LogP contribution in [0.15, 0.2) is 18.2 Å². The predicted octanol–water partition coefficient (Wildman–Crippen LogP) is 0.754. The predicted molar refractivity (Wildman–Crippen MR) is 92.2 cm³/mol. The number of likely N-dealkylation sites (N-methyl/N-ethyl adjacent to an activating group) is 2. The van der Waals surface area contributed by atoms with E-state index >= 15 is 0 Å². The highest BCUT2D eigenvalue weighted by atomic mass is 16.3. The number of hydrogen-bond acceptors (Lipinski definition) is 5. The molecule has 0 radical (unpaired) electrons. The summed E-state index contributed by atoms with van der Waals surface area (Å²) in [4.78, 5) is 2.27. The average molecular weight is 332 g/mol. The maximum Gasteiger partial charge on any atom is 0.115 e. The van der Waals surface area contributed by atoms with Crippen molar-refractivity contribution < 1.29 is 15.3 Å². The van der Waals surface area contributed by atoms with E-state index in [1.165, 1.54) is 5.56 Å². The Morgan fingerprint density at radius 2 is 2.12 bits per heavy atom. The Morgan fingerprint density at radius 1 is 1.33 bits per heavy atom. The number of aliphatic hydroxyl groups excluding tert-OH is 1. The number of aliphatic hydroxyl groups is 2. The van der Waals surface area contributed by atoms with E-state index in [1.54, 1.807) is 6.07 Å². The van der Waals surface area contributed by atoms with Crippen molar-refractivity contribution in [2.24, 2.45) is 0 Å². The molecule has 1 aromatic rings. The molecular formula is C19H28N2O3. The van der Waals surface area contributed by atoms with E-state index in [1.807, 2.05) is 19.1 Å². The van der Waals surface area contributed by atoms with Crippen molar-refractivity contribution in [2.75, 3.05) is 20.1 Å². The van der Waals surface area contributed by atoms with Crippen LogP contribution < -0.4 is 5.32 Å². The number of benzene rings is 1. The molecular weight excluding hydrogens is 304 g/mol. The van der Waals surface area contributed by atoms with Crippen LogP contribution >= 0.6 is 0 Å². The number of piperidine rings is 1. The molecule has 5 nitrogen and oxygen atoms in total. The molecule has 3 aliphatic rings. The van der Waals surface area contributed by atoms with Crippen LogP contribution in [0.25, 0.3) is 0 Å². The molecule has 1 saturated carbocycles. The van der Waals surface area contributed by atoms with Crippen LogP contribution in [0.1, 0.15) is 37.3 Å². The van der Waals surface area contributed by atoms with Crippen LogP contribution in [0.2, 0.25) is 0 Å². The number of aromatic hydroxyl groups is 1. The van der Waals surface area contributed by atoms with Gasteiger partial charge in [-0.05, 0) is 69.1 Å². The summed E-state index contributed by atoms with van der Waals surface area (Å²) < 4.78 is 0. The number of rotatable bonds is 2. The number of nitrogens with zero attached hydrogens (tertiary/aromatic N) is 1. The van der Waals surface area contributed by atoms with Crippen LogP contribution in [-0.2, 0) is 11.8 Å². The number of hydrogen-bond donors (Lipinski definition) is 4. The summed E-state index contributed by atoms with van der Waals surface area (Å²) in [6.07, 6.45) is 2.21. The van der Waals surface area contributed by atoms with Gasteiger partial charge in [-0.1, -0.05) is 13.0 Å². The number of likely N-dealkylation sites (tertiary alicyclic amines) is 1. The Labute approximate surface area is 143 Å². The first-order chi connectivity index (χ1) is 11.4. The van der Waals surface area contributed by atoms with E-state index in [0.717, 1.165) is 31.5 Å². The molecule has 132 valence electrons. The van der Waals surface area contributed by atoms with Gasteiger partial charge in [0.1, 0.15) is 5.75 Å². The molecule has 0 amide bonds. The normalized spacial score (nSPS) is 41.6. The Morgan fingerprint density at radius 3 is 2.88 bits per heavy atom. The van der Waals surface area contributed by atoms with Gasteiger partial charge in [0, 0.05) is 17.5 Å². The Kier molecular flexibility index (Phi) is 3.69. The van der Waals surface area contributed by atoms with Gasteiger partial charge in [-0.15, -0.1) is 0 Å². The van der Waals surface area contributed by atoms with Gasteiger partial charge in [0.05, 0.1) is 11.7 Å².